The van der Waals surface area contributed by atoms with Crippen LogP contribution in [0.15, 0.2) is 11.6 Å². The highest BCUT2D eigenvalue weighted by Crippen LogP contribution is 2.23. The van der Waals surface area contributed by atoms with Gasteiger partial charge < -0.3 is 10.4 Å². The Labute approximate surface area is 91.6 Å². The summed E-state index contributed by atoms with van der Waals surface area (Å²) in [5.74, 6) is -0.0497. The largest absolute Gasteiger partial charge is 0.478 e. The van der Waals surface area contributed by atoms with Gasteiger partial charge in [-0.25, -0.2) is 4.79 Å². The molecule has 0 aromatic rings. The monoisotopic (exact) mass is 211 g/mol. The molecule has 0 radical (unpaired) electrons. The van der Waals surface area contributed by atoms with Gasteiger partial charge in [-0.3, -0.25) is 0 Å². The molecule has 1 fully saturated rings. The summed E-state index contributed by atoms with van der Waals surface area (Å²) in [5, 5.41) is 12.0. The van der Waals surface area contributed by atoms with Crippen molar-refractivity contribution in [3.8, 4) is 0 Å². The predicted molar refractivity (Wildman–Crippen MR) is 60.8 cm³/mol. The smallest absolute Gasteiger partial charge is 0.328 e. The van der Waals surface area contributed by atoms with E-state index in [9.17, 15) is 4.79 Å². The minimum Gasteiger partial charge on any atom is -0.478 e. The fraction of sp³-hybridized carbons (Fsp3) is 0.750. The third kappa shape index (κ3) is 4.98. The van der Waals surface area contributed by atoms with E-state index in [1.165, 1.54) is 31.8 Å². The Morgan fingerprint density at radius 3 is 2.87 bits per heavy atom. The topological polar surface area (TPSA) is 49.3 Å². The molecule has 3 heteroatoms. The van der Waals surface area contributed by atoms with E-state index >= 15 is 0 Å². The number of rotatable bonds is 4. The van der Waals surface area contributed by atoms with E-state index in [-0.39, 0.29) is 0 Å². The van der Waals surface area contributed by atoms with E-state index < -0.39 is 5.97 Å². The van der Waals surface area contributed by atoms with Crippen molar-refractivity contribution in [1.29, 1.82) is 0 Å². The Morgan fingerprint density at radius 2 is 2.27 bits per heavy atom. The Balaban J connectivity index is 2.27. The zero-order chi connectivity index (χ0) is 11.3. The number of hydrogen-bond acceptors (Lipinski definition) is 2. The molecule has 1 rings (SSSR count). The highest BCUT2D eigenvalue weighted by atomic mass is 16.4. The average molecular weight is 211 g/mol. The second-order valence-electron chi connectivity index (χ2n) is 4.68. The summed E-state index contributed by atoms with van der Waals surface area (Å²) in [6, 6.07) is 0.575. The van der Waals surface area contributed by atoms with Crippen LogP contribution >= 0.6 is 0 Å². The normalized spacial score (nSPS) is 27.7. The van der Waals surface area contributed by atoms with Crippen LogP contribution in [-0.4, -0.2) is 23.7 Å². The number of hydrogen-bond donors (Lipinski definition) is 2. The van der Waals surface area contributed by atoms with Gasteiger partial charge in [0.2, 0.25) is 0 Å². The van der Waals surface area contributed by atoms with Crippen molar-refractivity contribution in [3.63, 3.8) is 0 Å². The molecule has 0 bridgehead atoms. The van der Waals surface area contributed by atoms with E-state index in [0.717, 1.165) is 11.5 Å². The van der Waals surface area contributed by atoms with E-state index in [1.807, 2.05) is 6.92 Å². The molecule has 0 aliphatic heterocycles. The summed E-state index contributed by atoms with van der Waals surface area (Å²) < 4.78 is 0. The SMILES string of the molecule is CC(=CC(=O)O)CNC1CCCC(C)C1. The van der Waals surface area contributed by atoms with Crippen molar-refractivity contribution >= 4 is 5.97 Å². The average Bonchev–Trinajstić information content (AvgIpc) is 2.14. The van der Waals surface area contributed by atoms with Crippen molar-refractivity contribution in [1.82, 2.24) is 5.32 Å². The van der Waals surface area contributed by atoms with E-state index in [0.29, 0.717) is 12.6 Å². The molecular weight excluding hydrogens is 190 g/mol. The molecule has 0 saturated heterocycles. The summed E-state index contributed by atoms with van der Waals surface area (Å²) in [7, 11) is 0. The lowest BCUT2D eigenvalue weighted by atomic mass is 9.87. The van der Waals surface area contributed by atoms with Gasteiger partial charge in [-0.1, -0.05) is 25.3 Å². The van der Waals surface area contributed by atoms with Crippen molar-refractivity contribution in [2.24, 2.45) is 5.92 Å². The molecule has 15 heavy (non-hydrogen) atoms. The van der Waals surface area contributed by atoms with E-state index in [4.69, 9.17) is 5.11 Å². The Morgan fingerprint density at radius 1 is 1.53 bits per heavy atom. The van der Waals surface area contributed by atoms with Gasteiger partial charge in [0.1, 0.15) is 0 Å². The van der Waals surface area contributed by atoms with Crippen molar-refractivity contribution in [2.75, 3.05) is 6.54 Å². The zero-order valence-corrected chi connectivity index (χ0v) is 9.62. The standard InChI is InChI=1S/C12H21NO2/c1-9-4-3-5-11(6-9)13-8-10(2)7-12(14)15/h7,9,11,13H,3-6,8H2,1-2H3,(H,14,15). The molecule has 86 valence electrons. The van der Waals surface area contributed by atoms with Gasteiger partial charge in [0, 0.05) is 18.7 Å². The van der Waals surface area contributed by atoms with Crippen molar-refractivity contribution in [3.05, 3.63) is 11.6 Å². The molecule has 1 saturated carbocycles. The molecule has 0 amide bonds. The first-order valence-corrected chi connectivity index (χ1v) is 5.71. The van der Waals surface area contributed by atoms with Crippen LogP contribution in [0.5, 0.6) is 0 Å². The minimum absolute atomic E-state index is 0.575. The first kappa shape index (κ1) is 12.2. The third-order valence-corrected chi connectivity index (χ3v) is 2.98. The molecule has 0 aromatic heterocycles. The Kier molecular flexibility index (Phi) is 4.82. The Hall–Kier alpha value is -0.830. The van der Waals surface area contributed by atoms with Gasteiger partial charge in [-0.2, -0.15) is 0 Å². The quantitative estimate of drug-likeness (QED) is 0.701. The van der Waals surface area contributed by atoms with Gasteiger partial charge in [0.05, 0.1) is 0 Å². The number of carboxylic acid groups (broad SMARTS) is 1. The van der Waals surface area contributed by atoms with Crippen LogP contribution in [0.3, 0.4) is 0 Å². The molecule has 1 aliphatic carbocycles. The molecular formula is C12H21NO2. The van der Waals surface area contributed by atoms with Crippen molar-refractivity contribution < 1.29 is 9.90 Å². The van der Waals surface area contributed by atoms with Crippen LogP contribution in [0.25, 0.3) is 0 Å². The first-order chi connectivity index (χ1) is 7.08. The summed E-state index contributed by atoms with van der Waals surface area (Å²) >= 11 is 0. The van der Waals surface area contributed by atoms with Gasteiger partial charge in [0.25, 0.3) is 0 Å². The number of nitrogens with one attached hydrogen (secondary N) is 1. The summed E-state index contributed by atoms with van der Waals surface area (Å²) in [5.41, 5.74) is 0.890. The predicted octanol–water partition coefficient (Wildman–Crippen LogP) is 2.19. The maximum atomic E-state index is 10.4. The van der Waals surface area contributed by atoms with E-state index in [1.54, 1.807) is 0 Å². The second-order valence-corrected chi connectivity index (χ2v) is 4.68. The van der Waals surface area contributed by atoms with Crippen LogP contribution in [-0.2, 0) is 4.79 Å². The fourth-order valence-corrected chi connectivity index (χ4v) is 2.19. The molecule has 2 atom stereocenters. The number of carbonyl (C=O) groups is 1. The fourth-order valence-electron chi connectivity index (χ4n) is 2.19. The lowest BCUT2D eigenvalue weighted by molar-refractivity contribution is -0.131. The van der Waals surface area contributed by atoms with Crippen molar-refractivity contribution in [2.45, 2.75) is 45.6 Å². The first-order valence-electron chi connectivity index (χ1n) is 5.71. The number of aliphatic carboxylic acids is 1. The highest BCUT2D eigenvalue weighted by molar-refractivity contribution is 5.80. The Bertz CT molecular complexity index is 248. The molecule has 3 nitrogen and oxygen atoms in total. The zero-order valence-electron chi connectivity index (χ0n) is 9.62. The van der Waals surface area contributed by atoms with Crippen LogP contribution in [0.4, 0.5) is 0 Å². The molecule has 2 N–H and O–H groups in total. The lowest BCUT2D eigenvalue weighted by Crippen LogP contribution is -2.34. The molecule has 0 aromatic carbocycles. The summed E-state index contributed by atoms with van der Waals surface area (Å²) in [6.45, 7) is 4.84. The van der Waals surface area contributed by atoms with Gasteiger partial charge in [-0.05, 0) is 25.7 Å². The van der Waals surface area contributed by atoms with E-state index in [2.05, 4.69) is 12.2 Å². The molecule has 0 spiro atoms. The maximum absolute atomic E-state index is 10.4. The highest BCUT2D eigenvalue weighted by Gasteiger charge is 2.17. The second kappa shape index (κ2) is 5.91. The van der Waals surface area contributed by atoms with Crippen LogP contribution in [0.2, 0.25) is 0 Å². The summed E-state index contributed by atoms with van der Waals surface area (Å²) in [4.78, 5) is 10.4. The van der Waals surface area contributed by atoms with Gasteiger partial charge in [-0.15, -0.1) is 0 Å². The van der Waals surface area contributed by atoms with Crippen LogP contribution in [0.1, 0.15) is 39.5 Å². The third-order valence-electron chi connectivity index (χ3n) is 2.98. The van der Waals surface area contributed by atoms with Crippen LogP contribution in [0, 0.1) is 5.92 Å². The molecule has 1 aliphatic rings. The van der Waals surface area contributed by atoms with Gasteiger partial charge in [0.15, 0.2) is 0 Å². The molecule has 2 unspecified atom stereocenters. The molecule has 0 heterocycles. The lowest BCUT2D eigenvalue weighted by Gasteiger charge is -2.27. The minimum atomic E-state index is -0.855. The van der Waals surface area contributed by atoms with Crippen LogP contribution < -0.4 is 5.32 Å². The number of carboxylic acids is 1. The summed E-state index contributed by atoms with van der Waals surface area (Å²) in [6.07, 6.45) is 6.35. The van der Waals surface area contributed by atoms with Gasteiger partial charge >= 0.3 is 5.97 Å². The maximum Gasteiger partial charge on any atom is 0.328 e.